The smallest absolute Gasteiger partial charge is 0.159 e. The second kappa shape index (κ2) is 3.66. The Morgan fingerprint density at radius 1 is 1.23 bits per heavy atom. The summed E-state index contributed by atoms with van der Waals surface area (Å²) in [7, 11) is 0. The van der Waals surface area contributed by atoms with E-state index in [4.69, 9.17) is 4.11 Å². The summed E-state index contributed by atoms with van der Waals surface area (Å²) < 4.78 is 23.1. The molecular weight excluding hydrogens is 228 g/mol. The van der Waals surface area contributed by atoms with Crippen molar-refractivity contribution in [3.8, 4) is 11.4 Å². The Morgan fingerprint density at radius 3 is 2.69 bits per heavy atom. The Kier molecular flexibility index (Phi) is 1.55. The standard InChI is InChI=1S/C10H7BrN2/c11-9-4-1-3-8(7-9)10-12-5-2-6-13-10/h1-7H/i2D,5D,6D. The average Bonchev–Trinajstić information content (AvgIpc) is 2.25. The summed E-state index contributed by atoms with van der Waals surface area (Å²) in [6.07, 6.45) is -0.454. The molecule has 0 aliphatic carbocycles. The van der Waals surface area contributed by atoms with Crippen molar-refractivity contribution in [2.75, 3.05) is 0 Å². The van der Waals surface area contributed by atoms with Gasteiger partial charge in [-0.1, -0.05) is 28.1 Å². The lowest BCUT2D eigenvalue weighted by molar-refractivity contribution is 1.18. The molecule has 2 rings (SSSR count). The van der Waals surface area contributed by atoms with Crippen LogP contribution in [0.1, 0.15) is 4.11 Å². The molecule has 64 valence electrons. The number of benzene rings is 1. The SMILES string of the molecule is [2H]c1nc(-c2cccc(Br)c2)nc([2H])c1[2H]. The van der Waals surface area contributed by atoms with Crippen LogP contribution in [0.5, 0.6) is 0 Å². The molecule has 0 aliphatic heterocycles. The maximum absolute atomic E-state index is 7.43. The number of hydrogen-bond donors (Lipinski definition) is 0. The first-order valence-electron chi connectivity index (χ1n) is 5.15. The molecule has 0 N–H and O–H groups in total. The van der Waals surface area contributed by atoms with E-state index < -0.39 is 0 Å². The van der Waals surface area contributed by atoms with Crippen molar-refractivity contribution in [3.63, 3.8) is 0 Å². The number of halogens is 1. The molecule has 1 heterocycles. The molecule has 0 atom stereocenters. The fourth-order valence-corrected chi connectivity index (χ4v) is 1.37. The van der Waals surface area contributed by atoms with Crippen LogP contribution in [-0.4, -0.2) is 9.97 Å². The van der Waals surface area contributed by atoms with Crippen LogP contribution >= 0.6 is 15.9 Å². The van der Waals surface area contributed by atoms with Gasteiger partial charge in [0.1, 0.15) is 0 Å². The maximum Gasteiger partial charge on any atom is 0.159 e. The third-order valence-electron chi connectivity index (χ3n) is 1.52. The Balaban J connectivity index is 2.57. The lowest BCUT2D eigenvalue weighted by Crippen LogP contribution is -1.85. The third kappa shape index (κ3) is 1.92. The number of hydrogen-bond acceptors (Lipinski definition) is 2. The molecule has 2 aromatic rings. The van der Waals surface area contributed by atoms with Crippen molar-refractivity contribution in [2.24, 2.45) is 0 Å². The highest BCUT2D eigenvalue weighted by Gasteiger charge is 1.98. The maximum atomic E-state index is 7.43. The van der Waals surface area contributed by atoms with E-state index in [0.29, 0.717) is 5.82 Å². The van der Waals surface area contributed by atoms with E-state index >= 15 is 0 Å². The van der Waals surface area contributed by atoms with Gasteiger partial charge in [0.25, 0.3) is 0 Å². The van der Waals surface area contributed by atoms with Gasteiger partial charge in [-0.3, -0.25) is 0 Å². The summed E-state index contributed by atoms with van der Waals surface area (Å²) in [5.41, 5.74) is 0.719. The van der Waals surface area contributed by atoms with Crippen molar-refractivity contribution in [2.45, 2.75) is 0 Å². The minimum atomic E-state index is -0.251. The van der Waals surface area contributed by atoms with Crippen molar-refractivity contribution in [1.29, 1.82) is 0 Å². The average molecular weight is 238 g/mol. The molecule has 0 saturated carbocycles. The summed E-state index contributed by atoms with van der Waals surface area (Å²) >= 11 is 3.32. The van der Waals surface area contributed by atoms with E-state index in [-0.39, 0.29) is 18.4 Å². The Morgan fingerprint density at radius 2 is 2.00 bits per heavy atom. The normalized spacial score (nSPS) is 13.2. The summed E-state index contributed by atoms with van der Waals surface area (Å²) in [6, 6.07) is 7.04. The highest BCUT2D eigenvalue weighted by atomic mass is 79.9. The summed E-state index contributed by atoms with van der Waals surface area (Å²) in [5.74, 6) is 0.298. The highest BCUT2D eigenvalue weighted by molar-refractivity contribution is 9.10. The van der Waals surface area contributed by atoms with Crippen molar-refractivity contribution in [3.05, 3.63) is 47.1 Å². The fraction of sp³-hybridized carbons (Fsp3) is 0. The summed E-state index contributed by atoms with van der Waals surface area (Å²) in [5, 5.41) is 0. The fourth-order valence-electron chi connectivity index (χ4n) is 0.968. The van der Waals surface area contributed by atoms with Crippen LogP contribution < -0.4 is 0 Å². The van der Waals surface area contributed by atoms with Crippen LogP contribution in [0.15, 0.2) is 47.1 Å². The molecular formula is C10H7BrN2. The third-order valence-corrected chi connectivity index (χ3v) is 2.01. The van der Waals surface area contributed by atoms with E-state index in [1.54, 1.807) is 12.1 Å². The van der Waals surface area contributed by atoms with Crippen LogP contribution in [-0.2, 0) is 0 Å². The molecule has 0 radical (unpaired) electrons. The first-order valence-corrected chi connectivity index (χ1v) is 4.45. The Hall–Kier alpha value is -1.22. The monoisotopic (exact) mass is 237 g/mol. The van der Waals surface area contributed by atoms with Gasteiger partial charge >= 0.3 is 0 Å². The van der Waals surface area contributed by atoms with Crippen molar-refractivity contribution >= 4 is 15.9 Å². The largest absolute Gasteiger partial charge is 0.237 e. The molecule has 0 bridgehead atoms. The van der Waals surface area contributed by atoms with Crippen LogP contribution in [0.3, 0.4) is 0 Å². The molecule has 0 saturated heterocycles. The predicted molar refractivity (Wildman–Crippen MR) is 55.2 cm³/mol. The van der Waals surface area contributed by atoms with Gasteiger partial charge in [0.2, 0.25) is 0 Å². The molecule has 0 amide bonds. The molecule has 2 nitrogen and oxygen atoms in total. The van der Waals surface area contributed by atoms with Gasteiger partial charge in [-0.2, -0.15) is 0 Å². The van der Waals surface area contributed by atoms with E-state index in [1.165, 1.54) is 0 Å². The van der Waals surface area contributed by atoms with Crippen molar-refractivity contribution in [1.82, 2.24) is 9.97 Å². The highest BCUT2D eigenvalue weighted by Crippen LogP contribution is 2.18. The number of aromatic nitrogens is 2. The van der Waals surface area contributed by atoms with E-state index in [0.717, 1.165) is 10.0 Å². The Labute approximate surface area is 89.0 Å². The van der Waals surface area contributed by atoms with Crippen LogP contribution in [0.2, 0.25) is 0 Å². The molecule has 1 aromatic heterocycles. The molecule has 0 spiro atoms. The van der Waals surface area contributed by atoms with Gasteiger partial charge < -0.3 is 0 Å². The quantitative estimate of drug-likeness (QED) is 0.763. The van der Waals surface area contributed by atoms with Gasteiger partial charge in [-0.25, -0.2) is 9.97 Å². The Bertz CT molecular complexity index is 522. The van der Waals surface area contributed by atoms with E-state index in [9.17, 15) is 0 Å². The molecule has 13 heavy (non-hydrogen) atoms. The number of rotatable bonds is 1. The topological polar surface area (TPSA) is 25.8 Å². The van der Waals surface area contributed by atoms with Crippen LogP contribution in [0, 0.1) is 0 Å². The second-order valence-electron chi connectivity index (χ2n) is 2.41. The molecule has 0 aliphatic rings. The zero-order valence-electron chi connectivity index (χ0n) is 9.58. The lowest BCUT2D eigenvalue weighted by atomic mass is 10.2. The van der Waals surface area contributed by atoms with Gasteiger partial charge in [0, 0.05) is 22.4 Å². The van der Waals surface area contributed by atoms with Gasteiger partial charge in [0.05, 0.1) is 4.11 Å². The zero-order valence-corrected chi connectivity index (χ0v) is 8.17. The molecule has 3 heteroatoms. The van der Waals surface area contributed by atoms with E-state index in [1.807, 2.05) is 12.1 Å². The van der Waals surface area contributed by atoms with Crippen molar-refractivity contribution < 1.29 is 4.11 Å². The molecule has 0 unspecified atom stereocenters. The first kappa shape index (κ1) is 5.50. The first-order chi connectivity index (χ1) is 7.58. The molecule has 1 aromatic carbocycles. The summed E-state index contributed by atoms with van der Waals surface area (Å²) in [4.78, 5) is 7.74. The molecule has 0 fully saturated rings. The predicted octanol–water partition coefficient (Wildman–Crippen LogP) is 2.91. The van der Waals surface area contributed by atoms with Crippen LogP contribution in [0.25, 0.3) is 11.4 Å². The minimum absolute atomic E-state index is 0.227. The lowest BCUT2D eigenvalue weighted by Gasteiger charge is -1.98. The van der Waals surface area contributed by atoms with Gasteiger partial charge in [0.15, 0.2) is 5.82 Å². The second-order valence-corrected chi connectivity index (χ2v) is 3.32. The zero-order chi connectivity index (χ0) is 11.7. The van der Waals surface area contributed by atoms with E-state index in [2.05, 4.69) is 25.9 Å². The van der Waals surface area contributed by atoms with Gasteiger partial charge in [-0.05, 0) is 18.2 Å². The minimum Gasteiger partial charge on any atom is -0.237 e. The van der Waals surface area contributed by atoms with Gasteiger partial charge in [-0.15, -0.1) is 0 Å². The summed E-state index contributed by atoms with van der Waals surface area (Å²) in [6.45, 7) is 0. The van der Waals surface area contributed by atoms with Crippen LogP contribution in [0.4, 0.5) is 0 Å². The number of nitrogens with zero attached hydrogens (tertiary/aromatic N) is 2.